The maximum Gasteiger partial charge on any atom is 0.195 e. The third-order valence-corrected chi connectivity index (χ3v) is 5.05. The van der Waals surface area contributed by atoms with Crippen LogP contribution < -0.4 is 20.1 Å². The molecule has 0 aliphatic carbocycles. The number of nitrogens with one attached hydrogen (secondary N) is 2. The van der Waals surface area contributed by atoms with Crippen molar-refractivity contribution in [3.63, 3.8) is 0 Å². The Labute approximate surface area is 176 Å². The fourth-order valence-electron chi connectivity index (χ4n) is 3.48. The van der Waals surface area contributed by atoms with Gasteiger partial charge in [-0.1, -0.05) is 12.1 Å². The van der Waals surface area contributed by atoms with Crippen LogP contribution in [0.25, 0.3) is 0 Å². The molecule has 0 amide bonds. The first kappa shape index (κ1) is 21.9. The Kier molecular flexibility index (Phi) is 7.87. The van der Waals surface area contributed by atoms with Crippen molar-refractivity contribution in [2.75, 3.05) is 59.4 Å². The molecule has 1 aliphatic heterocycles. The van der Waals surface area contributed by atoms with Crippen molar-refractivity contribution < 1.29 is 18.6 Å². The van der Waals surface area contributed by atoms with Crippen LogP contribution in [0.5, 0.6) is 11.5 Å². The number of methoxy groups -OCH3 is 2. The summed E-state index contributed by atoms with van der Waals surface area (Å²) < 4.78 is 30.0. The molecule has 0 radical (unpaired) electrons. The molecule has 1 aliphatic rings. The van der Waals surface area contributed by atoms with Crippen molar-refractivity contribution >= 4 is 11.6 Å². The minimum atomic E-state index is -0.237. The van der Waals surface area contributed by atoms with Crippen LogP contribution in [0.3, 0.4) is 0 Å². The SMILES string of the molecule is CN=C(NCC(c1cccc(F)c1)N1CCOCC1)Nc1ccc(OC)c(OC)c1. The lowest BCUT2D eigenvalue weighted by Gasteiger charge is -2.35. The number of ether oxygens (including phenoxy) is 3. The summed E-state index contributed by atoms with van der Waals surface area (Å²) in [5.41, 5.74) is 1.74. The molecule has 0 saturated carbocycles. The first-order valence-electron chi connectivity index (χ1n) is 9.91. The van der Waals surface area contributed by atoms with E-state index in [9.17, 15) is 4.39 Å². The molecule has 7 nitrogen and oxygen atoms in total. The first-order chi connectivity index (χ1) is 14.6. The van der Waals surface area contributed by atoms with Crippen molar-refractivity contribution in [1.29, 1.82) is 0 Å². The fraction of sp³-hybridized carbons (Fsp3) is 0.409. The molecule has 0 bridgehead atoms. The molecule has 8 heteroatoms. The number of hydrogen-bond acceptors (Lipinski definition) is 5. The van der Waals surface area contributed by atoms with Crippen LogP contribution in [0, 0.1) is 5.82 Å². The number of guanidine groups is 1. The van der Waals surface area contributed by atoms with E-state index in [-0.39, 0.29) is 11.9 Å². The van der Waals surface area contributed by atoms with Gasteiger partial charge >= 0.3 is 0 Å². The molecule has 1 heterocycles. The summed E-state index contributed by atoms with van der Waals surface area (Å²) in [5, 5.41) is 6.62. The average Bonchev–Trinajstić information content (AvgIpc) is 2.79. The highest BCUT2D eigenvalue weighted by Crippen LogP contribution is 2.29. The summed E-state index contributed by atoms with van der Waals surface area (Å²) >= 11 is 0. The Morgan fingerprint density at radius 1 is 1.13 bits per heavy atom. The number of benzene rings is 2. The quantitative estimate of drug-likeness (QED) is 0.535. The topological polar surface area (TPSA) is 67.4 Å². The molecule has 1 atom stereocenters. The summed E-state index contributed by atoms with van der Waals surface area (Å²) in [6.45, 7) is 3.50. The molecule has 3 rings (SSSR count). The van der Waals surface area contributed by atoms with Gasteiger partial charge in [-0.2, -0.15) is 0 Å². The van der Waals surface area contributed by atoms with Gasteiger partial charge in [0, 0.05) is 38.4 Å². The number of anilines is 1. The molecule has 1 unspecified atom stereocenters. The second kappa shape index (κ2) is 10.8. The number of nitrogens with zero attached hydrogens (tertiary/aromatic N) is 2. The molecule has 0 aromatic heterocycles. The van der Waals surface area contributed by atoms with Gasteiger partial charge in [0.15, 0.2) is 17.5 Å². The minimum absolute atomic E-state index is 0.00597. The fourth-order valence-corrected chi connectivity index (χ4v) is 3.48. The smallest absolute Gasteiger partial charge is 0.195 e. The Bertz CT molecular complexity index is 856. The molecule has 1 saturated heterocycles. The summed E-state index contributed by atoms with van der Waals surface area (Å²) in [4.78, 5) is 6.62. The number of halogens is 1. The lowest BCUT2D eigenvalue weighted by atomic mass is 10.0. The zero-order valence-corrected chi connectivity index (χ0v) is 17.7. The van der Waals surface area contributed by atoms with Gasteiger partial charge < -0.3 is 24.8 Å². The average molecular weight is 416 g/mol. The number of morpholine rings is 1. The highest BCUT2D eigenvalue weighted by molar-refractivity contribution is 5.93. The Morgan fingerprint density at radius 3 is 2.57 bits per heavy atom. The number of aliphatic imine (C=N–C) groups is 1. The van der Waals surface area contributed by atoms with E-state index < -0.39 is 0 Å². The summed E-state index contributed by atoms with van der Waals surface area (Å²) in [5.74, 6) is 1.66. The molecular formula is C22H29FN4O3. The van der Waals surface area contributed by atoms with Gasteiger partial charge in [0.1, 0.15) is 5.82 Å². The van der Waals surface area contributed by atoms with Crippen LogP contribution in [0.4, 0.5) is 10.1 Å². The van der Waals surface area contributed by atoms with Gasteiger partial charge in [0.2, 0.25) is 0 Å². The maximum absolute atomic E-state index is 13.9. The molecular weight excluding hydrogens is 387 g/mol. The van der Waals surface area contributed by atoms with Crippen LogP contribution in [0.1, 0.15) is 11.6 Å². The van der Waals surface area contributed by atoms with Crippen molar-refractivity contribution in [1.82, 2.24) is 10.2 Å². The second-order valence-corrected chi connectivity index (χ2v) is 6.87. The zero-order chi connectivity index (χ0) is 21.3. The monoisotopic (exact) mass is 416 g/mol. The molecule has 2 N–H and O–H groups in total. The maximum atomic E-state index is 13.9. The van der Waals surface area contributed by atoms with Crippen LogP contribution in [-0.2, 0) is 4.74 Å². The van der Waals surface area contributed by atoms with Gasteiger partial charge in [-0.05, 0) is 29.8 Å². The molecule has 1 fully saturated rings. The number of hydrogen-bond donors (Lipinski definition) is 2. The predicted octanol–water partition coefficient (Wildman–Crippen LogP) is 2.90. The lowest BCUT2D eigenvalue weighted by Crippen LogP contribution is -2.44. The van der Waals surface area contributed by atoms with Gasteiger partial charge in [0.05, 0.1) is 33.5 Å². The van der Waals surface area contributed by atoms with Crippen LogP contribution in [0.15, 0.2) is 47.5 Å². The van der Waals surface area contributed by atoms with Gasteiger partial charge in [-0.3, -0.25) is 9.89 Å². The van der Waals surface area contributed by atoms with Crippen LogP contribution in [-0.4, -0.2) is 65.0 Å². The van der Waals surface area contributed by atoms with E-state index >= 15 is 0 Å². The Morgan fingerprint density at radius 2 is 1.90 bits per heavy atom. The standard InChI is InChI=1S/C22H29FN4O3/c1-24-22(26-18-7-8-20(28-2)21(14-18)29-3)25-15-19(27-9-11-30-12-10-27)16-5-4-6-17(23)13-16/h4-8,13-14,19H,9-12,15H2,1-3H3,(H2,24,25,26). The van der Waals surface area contributed by atoms with E-state index in [4.69, 9.17) is 14.2 Å². The van der Waals surface area contributed by atoms with E-state index in [0.717, 1.165) is 24.3 Å². The molecule has 162 valence electrons. The van der Waals surface area contributed by atoms with Crippen molar-refractivity contribution in [2.24, 2.45) is 4.99 Å². The zero-order valence-electron chi connectivity index (χ0n) is 17.7. The van der Waals surface area contributed by atoms with E-state index in [1.54, 1.807) is 33.4 Å². The van der Waals surface area contributed by atoms with E-state index in [1.165, 1.54) is 6.07 Å². The molecule has 2 aromatic rings. The van der Waals surface area contributed by atoms with E-state index in [1.807, 2.05) is 24.3 Å². The first-order valence-corrected chi connectivity index (χ1v) is 9.91. The highest BCUT2D eigenvalue weighted by atomic mass is 19.1. The molecule has 0 spiro atoms. The Balaban J connectivity index is 1.71. The van der Waals surface area contributed by atoms with Crippen molar-refractivity contribution in [3.8, 4) is 11.5 Å². The van der Waals surface area contributed by atoms with Crippen molar-refractivity contribution in [3.05, 3.63) is 53.8 Å². The number of rotatable bonds is 7. The second-order valence-electron chi connectivity index (χ2n) is 6.87. The van der Waals surface area contributed by atoms with Gasteiger partial charge in [-0.25, -0.2) is 4.39 Å². The van der Waals surface area contributed by atoms with Crippen molar-refractivity contribution in [2.45, 2.75) is 6.04 Å². The van der Waals surface area contributed by atoms with Gasteiger partial charge in [-0.15, -0.1) is 0 Å². The van der Waals surface area contributed by atoms with Crippen LogP contribution in [0.2, 0.25) is 0 Å². The van der Waals surface area contributed by atoms with E-state index in [2.05, 4.69) is 20.5 Å². The van der Waals surface area contributed by atoms with Crippen LogP contribution >= 0.6 is 0 Å². The summed E-state index contributed by atoms with van der Waals surface area (Å²) in [7, 11) is 4.91. The van der Waals surface area contributed by atoms with Gasteiger partial charge in [0.25, 0.3) is 0 Å². The molecule has 2 aromatic carbocycles. The molecule has 30 heavy (non-hydrogen) atoms. The highest BCUT2D eigenvalue weighted by Gasteiger charge is 2.23. The van der Waals surface area contributed by atoms with E-state index in [0.29, 0.717) is 37.2 Å². The summed E-state index contributed by atoms with van der Waals surface area (Å²) in [6, 6.07) is 12.3. The minimum Gasteiger partial charge on any atom is -0.493 e. The normalized spacial score (nSPS) is 16.1. The largest absolute Gasteiger partial charge is 0.493 e. The third-order valence-electron chi connectivity index (χ3n) is 5.05. The Hall–Kier alpha value is -2.84. The lowest BCUT2D eigenvalue weighted by molar-refractivity contribution is 0.0170. The summed E-state index contributed by atoms with van der Waals surface area (Å²) in [6.07, 6.45) is 0. The third kappa shape index (κ3) is 5.61. The predicted molar refractivity (Wildman–Crippen MR) is 116 cm³/mol.